The second-order valence-electron chi connectivity index (χ2n) is 11.5. The van der Waals surface area contributed by atoms with Gasteiger partial charge in [-0.2, -0.15) is 0 Å². The molecule has 0 radical (unpaired) electrons. The summed E-state index contributed by atoms with van der Waals surface area (Å²) in [4.78, 5) is 42.6. The minimum atomic E-state index is -0.939. The summed E-state index contributed by atoms with van der Waals surface area (Å²) in [5, 5.41) is 5.82. The normalized spacial score (nSPS) is 12.7. The van der Waals surface area contributed by atoms with Crippen LogP contribution in [0.3, 0.4) is 0 Å². The van der Waals surface area contributed by atoms with Crippen molar-refractivity contribution < 1.29 is 19.1 Å². The average Bonchev–Trinajstić information content (AvgIpc) is 2.87. The second kappa shape index (κ2) is 15.1. The van der Waals surface area contributed by atoms with Crippen molar-refractivity contribution in [3.63, 3.8) is 0 Å². The zero-order valence-electron chi connectivity index (χ0n) is 25.0. The Morgan fingerprint density at radius 3 is 2.23 bits per heavy atom. The number of rotatable bonds is 12. The number of anilines is 1. The molecule has 0 aliphatic heterocycles. The molecule has 0 heterocycles. The highest BCUT2D eigenvalue weighted by Crippen LogP contribution is 2.27. The lowest BCUT2D eigenvalue weighted by atomic mass is 9.98. The van der Waals surface area contributed by atoms with E-state index in [4.69, 9.17) is 11.2 Å². The van der Waals surface area contributed by atoms with Crippen molar-refractivity contribution in [3.8, 4) is 12.3 Å². The molecule has 0 spiro atoms. The quantitative estimate of drug-likeness (QED) is 0.231. The van der Waals surface area contributed by atoms with E-state index in [9.17, 15) is 14.4 Å². The van der Waals surface area contributed by atoms with Crippen LogP contribution in [-0.4, -0.2) is 41.0 Å². The first-order chi connectivity index (χ1) is 18.9. The summed E-state index contributed by atoms with van der Waals surface area (Å²) in [5.41, 5.74) is 2.17. The first kappa shape index (κ1) is 32.4. The molecule has 0 saturated heterocycles. The number of hydrogen-bond donors (Lipinski definition) is 2. The summed E-state index contributed by atoms with van der Waals surface area (Å²) < 4.78 is 5.47. The monoisotopic (exact) mass is 547 g/mol. The Morgan fingerprint density at radius 2 is 1.68 bits per heavy atom. The molecule has 2 unspecified atom stereocenters. The summed E-state index contributed by atoms with van der Waals surface area (Å²) in [6.45, 7) is 13.6. The van der Waals surface area contributed by atoms with Gasteiger partial charge in [-0.05, 0) is 75.8 Å². The maximum Gasteiger partial charge on any atom is 0.408 e. The van der Waals surface area contributed by atoms with Crippen LogP contribution in [0.5, 0.6) is 0 Å². The van der Waals surface area contributed by atoms with E-state index >= 15 is 0 Å². The molecular formula is C33H45N3O4. The van der Waals surface area contributed by atoms with Gasteiger partial charge in [0.2, 0.25) is 5.91 Å². The van der Waals surface area contributed by atoms with Gasteiger partial charge in [-0.1, -0.05) is 69.9 Å². The van der Waals surface area contributed by atoms with Crippen molar-refractivity contribution in [2.75, 3.05) is 11.9 Å². The summed E-state index contributed by atoms with van der Waals surface area (Å²) in [6, 6.07) is 12.8. The molecule has 2 aromatic carbocycles. The molecule has 3 amide bonds. The van der Waals surface area contributed by atoms with E-state index < -0.39 is 23.8 Å². The number of hydrogen-bond acceptors (Lipinski definition) is 4. The molecule has 7 nitrogen and oxygen atoms in total. The Balaban J connectivity index is 2.56. The number of para-hydroxylation sites is 1. The number of nitrogens with one attached hydrogen (secondary N) is 2. The number of amides is 3. The summed E-state index contributed by atoms with van der Waals surface area (Å²) in [6.07, 6.45) is 7.85. The topological polar surface area (TPSA) is 87.7 Å². The van der Waals surface area contributed by atoms with E-state index in [1.807, 2.05) is 45.0 Å². The van der Waals surface area contributed by atoms with Crippen LogP contribution in [0.2, 0.25) is 0 Å². The molecule has 2 N–H and O–H groups in total. The Hall–Kier alpha value is -3.79. The predicted octanol–water partition coefficient (Wildman–Crippen LogP) is 6.61. The number of terminal acetylenes is 1. The molecule has 2 atom stereocenters. The van der Waals surface area contributed by atoms with Crippen LogP contribution in [0, 0.1) is 25.2 Å². The number of unbranched alkanes of at least 4 members (excludes halogenated alkanes) is 2. The van der Waals surface area contributed by atoms with Crippen molar-refractivity contribution in [3.05, 3.63) is 65.2 Å². The number of benzene rings is 2. The van der Waals surface area contributed by atoms with Gasteiger partial charge in [0.25, 0.3) is 5.91 Å². The van der Waals surface area contributed by atoms with Gasteiger partial charge in [-0.3, -0.25) is 9.59 Å². The molecule has 0 aliphatic rings. The Morgan fingerprint density at radius 1 is 1.02 bits per heavy atom. The molecule has 0 aromatic heterocycles. The van der Waals surface area contributed by atoms with Crippen molar-refractivity contribution in [1.29, 1.82) is 0 Å². The lowest BCUT2D eigenvalue weighted by Crippen LogP contribution is -2.53. The zero-order valence-corrected chi connectivity index (χ0v) is 25.0. The summed E-state index contributed by atoms with van der Waals surface area (Å²) >= 11 is 0. The third-order valence-corrected chi connectivity index (χ3v) is 6.34. The average molecular weight is 548 g/mol. The Kier molecular flexibility index (Phi) is 12.3. The van der Waals surface area contributed by atoms with Gasteiger partial charge in [-0.25, -0.2) is 4.79 Å². The smallest absolute Gasteiger partial charge is 0.408 e. The van der Waals surface area contributed by atoms with E-state index in [0.29, 0.717) is 36.2 Å². The van der Waals surface area contributed by atoms with Gasteiger partial charge >= 0.3 is 6.09 Å². The van der Waals surface area contributed by atoms with Crippen LogP contribution in [-0.2, 0) is 14.3 Å². The molecule has 0 saturated carbocycles. The third kappa shape index (κ3) is 10.1. The van der Waals surface area contributed by atoms with Crippen LogP contribution in [0.15, 0.2) is 48.5 Å². The largest absolute Gasteiger partial charge is 0.444 e. The van der Waals surface area contributed by atoms with Crippen LogP contribution in [0.1, 0.15) is 90.0 Å². The van der Waals surface area contributed by atoms with Gasteiger partial charge < -0.3 is 20.3 Å². The molecule has 7 heteroatoms. The lowest BCUT2D eigenvalue weighted by Gasteiger charge is -2.35. The molecule has 40 heavy (non-hydrogen) atoms. The summed E-state index contributed by atoms with van der Waals surface area (Å²) in [5.74, 6) is 2.04. The van der Waals surface area contributed by atoms with Crippen molar-refractivity contribution in [1.82, 2.24) is 10.2 Å². The number of nitrogens with zero attached hydrogens (tertiary/aromatic N) is 1. The van der Waals surface area contributed by atoms with Gasteiger partial charge in [-0.15, -0.1) is 6.42 Å². The number of aryl methyl sites for hydroxylation is 1. The fourth-order valence-corrected chi connectivity index (χ4v) is 4.39. The highest BCUT2D eigenvalue weighted by molar-refractivity contribution is 5.99. The van der Waals surface area contributed by atoms with Gasteiger partial charge in [0.05, 0.1) is 0 Å². The molecule has 2 rings (SSSR count). The Labute approximate surface area is 240 Å². The number of alkyl carbamates (subject to hydrolysis) is 1. The fraction of sp³-hybridized carbons (Fsp3) is 0.485. The SMILES string of the molecule is C#Cc1ccc(C(C(=O)Nc2ccccc2C)N(CCCCC)C(=O)C(CC(C)C)NC(=O)OC(C)(C)C)cc1. The van der Waals surface area contributed by atoms with E-state index in [0.717, 1.165) is 18.4 Å². The summed E-state index contributed by atoms with van der Waals surface area (Å²) in [7, 11) is 0. The van der Waals surface area contributed by atoms with E-state index in [1.165, 1.54) is 0 Å². The second-order valence-corrected chi connectivity index (χ2v) is 11.5. The predicted molar refractivity (Wildman–Crippen MR) is 161 cm³/mol. The van der Waals surface area contributed by atoms with Crippen LogP contribution >= 0.6 is 0 Å². The molecule has 0 aliphatic carbocycles. The third-order valence-electron chi connectivity index (χ3n) is 6.34. The van der Waals surface area contributed by atoms with Gasteiger partial charge in [0.1, 0.15) is 17.7 Å². The molecule has 0 bridgehead atoms. The minimum absolute atomic E-state index is 0.107. The van der Waals surface area contributed by atoms with Crippen molar-refractivity contribution >= 4 is 23.6 Å². The van der Waals surface area contributed by atoms with Crippen LogP contribution < -0.4 is 10.6 Å². The van der Waals surface area contributed by atoms with E-state index in [2.05, 4.69) is 23.5 Å². The zero-order chi connectivity index (χ0) is 29.9. The van der Waals surface area contributed by atoms with E-state index in [-0.39, 0.29) is 17.7 Å². The first-order valence-electron chi connectivity index (χ1n) is 14.1. The number of carbonyl (C=O) groups excluding carboxylic acids is 3. The van der Waals surface area contributed by atoms with Crippen molar-refractivity contribution in [2.45, 2.75) is 91.8 Å². The fourth-order valence-electron chi connectivity index (χ4n) is 4.39. The Bertz CT molecular complexity index is 1180. The van der Waals surface area contributed by atoms with Gasteiger partial charge in [0, 0.05) is 17.8 Å². The van der Waals surface area contributed by atoms with Gasteiger partial charge in [0.15, 0.2) is 0 Å². The maximum absolute atomic E-state index is 14.3. The maximum atomic E-state index is 14.3. The number of ether oxygens (including phenoxy) is 1. The highest BCUT2D eigenvalue weighted by atomic mass is 16.6. The van der Waals surface area contributed by atoms with E-state index in [1.54, 1.807) is 49.9 Å². The minimum Gasteiger partial charge on any atom is -0.444 e. The molecular weight excluding hydrogens is 502 g/mol. The molecule has 0 fully saturated rings. The number of carbonyl (C=O) groups is 3. The van der Waals surface area contributed by atoms with Crippen LogP contribution in [0.25, 0.3) is 0 Å². The van der Waals surface area contributed by atoms with Crippen LogP contribution in [0.4, 0.5) is 10.5 Å². The first-order valence-corrected chi connectivity index (χ1v) is 14.1. The highest BCUT2D eigenvalue weighted by Gasteiger charge is 2.36. The lowest BCUT2D eigenvalue weighted by molar-refractivity contribution is -0.141. The molecule has 216 valence electrons. The van der Waals surface area contributed by atoms with Crippen molar-refractivity contribution in [2.24, 2.45) is 5.92 Å². The molecule has 2 aromatic rings. The standard InChI is InChI=1S/C33H45N3O4/c1-9-11-14-21-36(31(38)28(22-23(3)4)35-32(39)40-33(6,7)8)29(26-19-17-25(10-2)18-20-26)30(37)34-27-16-13-12-15-24(27)5/h2,12-13,15-20,23,28-29H,9,11,14,21-22H2,1,3-8H3,(H,34,37)(H,35,39).